The normalized spacial score (nSPS) is 13.5. The predicted octanol–water partition coefficient (Wildman–Crippen LogP) is 3.58. The molecule has 0 aliphatic carbocycles. The molecule has 0 aliphatic heterocycles. The zero-order valence-corrected chi connectivity index (χ0v) is 15.3. The third-order valence-corrected chi connectivity index (χ3v) is 4.51. The number of hydrogen-bond donors (Lipinski definition) is 1. The molecule has 1 N–H and O–H groups in total. The van der Waals surface area contributed by atoms with Gasteiger partial charge in [-0.25, -0.2) is 0 Å². The molecule has 0 fully saturated rings. The summed E-state index contributed by atoms with van der Waals surface area (Å²) in [6.45, 7) is 3.37. The van der Waals surface area contributed by atoms with Gasteiger partial charge in [0.05, 0.1) is 17.8 Å². The molecule has 5 nitrogen and oxygen atoms in total. The minimum Gasteiger partial charge on any atom is -0.350 e. The zero-order chi connectivity index (χ0) is 18.8. The Morgan fingerprint density at radius 3 is 2.56 bits per heavy atom. The lowest BCUT2D eigenvalue weighted by Crippen LogP contribution is -2.35. The predicted molar refractivity (Wildman–Crippen MR) is 90.7 cm³/mol. The maximum atomic E-state index is 13.4. The molecular formula is C16H21F3N4OS. The summed E-state index contributed by atoms with van der Waals surface area (Å²) in [5.74, 6) is -0.777. The highest BCUT2D eigenvalue weighted by Crippen LogP contribution is 2.33. The largest absolute Gasteiger partial charge is 0.433 e. The standard InChI is InChI=1S/C16H21F3N4OS/c1-10(2)23-14(16(17,18)19)12(7-21-23)15(24)20-8-13(22(3)4)11-5-6-25-9-11/h5-7,9-10,13H,8H2,1-4H3,(H,20,24). The number of hydrogen-bond acceptors (Lipinski definition) is 4. The first kappa shape index (κ1) is 19.5. The van der Waals surface area contributed by atoms with Crippen LogP contribution in [0.5, 0.6) is 0 Å². The van der Waals surface area contributed by atoms with Crippen molar-refractivity contribution >= 4 is 17.2 Å². The van der Waals surface area contributed by atoms with E-state index in [-0.39, 0.29) is 12.6 Å². The van der Waals surface area contributed by atoms with Crippen LogP contribution in [0.25, 0.3) is 0 Å². The summed E-state index contributed by atoms with van der Waals surface area (Å²) in [5, 5.41) is 10.2. The molecule has 1 atom stereocenters. The van der Waals surface area contributed by atoms with Gasteiger partial charge in [0.15, 0.2) is 5.69 Å². The maximum Gasteiger partial charge on any atom is 0.433 e. The van der Waals surface area contributed by atoms with Gasteiger partial charge in [-0.15, -0.1) is 0 Å². The van der Waals surface area contributed by atoms with E-state index < -0.39 is 29.4 Å². The van der Waals surface area contributed by atoms with Crippen LogP contribution in [0.15, 0.2) is 23.0 Å². The number of carbonyl (C=O) groups is 1. The number of amides is 1. The molecule has 0 saturated carbocycles. The van der Waals surface area contributed by atoms with Gasteiger partial charge >= 0.3 is 6.18 Å². The first-order chi connectivity index (χ1) is 11.6. The average Bonchev–Trinajstić information content (AvgIpc) is 3.15. The fraction of sp³-hybridized carbons (Fsp3) is 0.500. The lowest BCUT2D eigenvalue weighted by molar-refractivity contribution is -0.145. The van der Waals surface area contributed by atoms with Crippen molar-refractivity contribution in [1.29, 1.82) is 0 Å². The second-order valence-corrected chi connectivity index (χ2v) is 6.97. The SMILES string of the molecule is CC(C)n1ncc(C(=O)NCC(c2ccsc2)N(C)C)c1C(F)(F)F. The van der Waals surface area contributed by atoms with Gasteiger partial charge in [-0.2, -0.15) is 29.6 Å². The van der Waals surface area contributed by atoms with Crippen LogP contribution in [0.4, 0.5) is 13.2 Å². The van der Waals surface area contributed by atoms with Crippen LogP contribution in [-0.2, 0) is 6.18 Å². The fourth-order valence-corrected chi connectivity index (χ4v) is 3.26. The van der Waals surface area contributed by atoms with Gasteiger partial charge in [0.1, 0.15) is 0 Å². The second-order valence-electron chi connectivity index (χ2n) is 6.19. The van der Waals surface area contributed by atoms with E-state index in [1.807, 2.05) is 35.8 Å². The molecule has 0 saturated heterocycles. The van der Waals surface area contributed by atoms with Crippen molar-refractivity contribution in [3.63, 3.8) is 0 Å². The van der Waals surface area contributed by atoms with E-state index in [4.69, 9.17) is 0 Å². The molecule has 0 radical (unpaired) electrons. The first-order valence-electron chi connectivity index (χ1n) is 7.74. The summed E-state index contributed by atoms with van der Waals surface area (Å²) in [6.07, 6.45) is -3.67. The van der Waals surface area contributed by atoms with Gasteiger partial charge in [0, 0.05) is 12.6 Å². The summed E-state index contributed by atoms with van der Waals surface area (Å²) in [7, 11) is 3.71. The molecule has 0 spiro atoms. The molecular weight excluding hydrogens is 353 g/mol. The number of nitrogens with zero attached hydrogens (tertiary/aromatic N) is 3. The van der Waals surface area contributed by atoms with Gasteiger partial charge in [-0.3, -0.25) is 9.48 Å². The molecule has 25 heavy (non-hydrogen) atoms. The minimum atomic E-state index is -4.65. The Morgan fingerprint density at radius 2 is 2.08 bits per heavy atom. The van der Waals surface area contributed by atoms with Crippen molar-refractivity contribution < 1.29 is 18.0 Å². The molecule has 2 heterocycles. The van der Waals surface area contributed by atoms with Crippen molar-refractivity contribution in [2.24, 2.45) is 0 Å². The number of thiophene rings is 1. The molecule has 0 aromatic carbocycles. The Bertz CT molecular complexity index is 708. The molecule has 2 aromatic heterocycles. The molecule has 1 amide bonds. The van der Waals surface area contributed by atoms with Gasteiger partial charge < -0.3 is 10.2 Å². The van der Waals surface area contributed by atoms with E-state index in [2.05, 4.69) is 10.4 Å². The van der Waals surface area contributed by atoms with E-state index >= 15 is 0 Å². The maximum absolute atomic E-state index is 13.4. The number of alkyl halides is 3. The number of halogens is 3. The number of rotatable bonds is 6. The highest BCUT2D eigenvalue weighted by atomic mass is 32.1. The van der Waals surface area contributed by atoms with Crippen LogP contribution >= 0.6 is 11.3 Å². The average molecular weight is 374 g/mol. The number of nitrogens with one attached hydrogen (secondary N) is 1. The van der Waals surface area contributed by atoms with Crippen LogP contribution < -0.4 is 5.32 Å². The molecule has 138 valence electrons. The van der Waals surface area contributed by atoms with Gasteiger partial charge in [-0.1, -0.05) is 0 Å². The number of aromatic nitrogens is 2. The molecule has 2 aromatic rings. The van der Waals surface area contributed by atoms with Crippen molar-refractivity contribution in [2.45, 2.75) is 32.1 Å². The van der Waals surface area contributed by atoms with E-state index in [1.165, 1.54) is 11.3 Å². The Kier molecular flexibility index (Phi) is 5.89. The van der Waals surface area contributed by atoms with E-state index in [1.54, 1.807) is 13.8 Å². The Balaban J connectivity index is 2.21. The Labute approximate surface area is 148 Å². The van der Waals surface area contributed by atoms with Crippen LogP contribution in [0, 0.1) is 0 Å². The highest BCUT2D eigenvalue weighted by Gasteiger charge is 2.40. The summed E-state index contributed by atoms with van der Waals surface area (Å²) in [6, 6.07) is 1.31. The van der Waals surface area contributed by atoms with Crippen LogP contribution in [0.2, 0.25) is 0 Å². The number of likely N-dealkylation sites (N-methyl/N-ethyl adjacent to an activating group) is 1. The third kappa shape index (κ3) is 4.40. The Morgan fingerprint density at radius 1 is 1.40 bits per heavy atom. The van der Waals surface area contributed by atoms with E-state index in [9.17, 15) is 18.0 Å². The number of carbonyl (C=O) groups excluding carboxylic acids is 1. The summed E-state index contributed by atoms with van der Waals surface area (Å²) < 4.78 is 40.9. The van der Waals surface area contributed by atoms with E-state index in [0.29, 0.717) is 0 Å². The summed E-state index contributed by atoms with van der Waals surface area (Å²) in [4.78, 5) is 14.3. The quantitative estimate of drug-likeness (QED) is 0.841. The summed E-state index contributed by atoms with van der Waals surface area (Å²) in [5.41, 5.74) is -0.467. The lowest BCUT2D eigenvalue weighted by Gasteiger charge is -2.24. The second kappa shape index (κ2) is 7.57. The smallest absolute Gasteiger partial charge is 0.350 e. The molecule has 0 aliphatic rings. The first-order valence-corrected chi connectivity index (χ1v) is 8.68. The molecule has 1 unspecified atom stereocenters. The third-order valence-electron chi connectivity index (χ3n) is 3.81. The molecule has 9 heteroatoms. The van der Waals surface area contributed by atoms with Gasteiger partial charge in [0.25, 0.3) is 5.91 Å². The molecule has 0 bridgehead atoms. The molecule has 2 rings (SSSR count). The van der Waals surface area contributed by atoms with Crippen molar-refractivity contribution in [1.82, 2.24) is 20.0 Å². The van der Waals surface area contributed by atoms with Gasteiger partial charge in [-0.05, 0) is 50.3 Å². The van der Waals surface area contributed by atoms with Crippen molar-refractivity contribution in [3.05, 3.63) is 39.8 Å². The highest BCUT2D eigenvalue weighted by molar-refractivity contribution is 7.07. The van der Waals surface area contributed by atoms with Crippen LogP contribution in [0.1, 0.15) is 47.5 Å². The van der Waals surface area contributed by atoms with Crippen molar-refractivity contribution in [3.8, 4) is 0 Å². The summed E-state index contributed by atoms with van der Waals surface area (Å²) >= 11 is 1.53. The van der Waals surface area contributed by atoms with E-state index in [0.717, 1.165) is 16.4 Å². The zero-order valence-electron chi connectivity index (χ0n) is 14.5. The van der Waals surface area contributed by atoms with Gasteiger partial charge in [0.2, 0.25) is 0 Å². The minimum absolute atomic E-state index is 0.121. The van der Waals surface area contributed by atoms with Crippen LogP contribution in [-0.4, -0.2) is 41.2 Å². The Hall–Kier alpha value is -1.87. The fourth-order valence-electron chi connectivity index (χ4n) is 2.55. The lowest BCUT2D eigenvalue weighted by atomic mass is 10.1. The monoisotopic (exact) mass is 374 g/mol. The topological polar surface area (TPSA) is 50.2 Å². The van der Waals surface area contributed by atoms with Crippen molar-refractivity contribution in [2.75, 3.05) is 20.6 Å². The van der Waals surface area contributed by atoms with Crippen LogP contribution in [0.3, 0.4) is 0 Å².